The van der Waals surface area contributed by atoms with Crippen molar-refractivity contribution in [2.45, 2.75) is 6.18 Å². The number of nitriles is 1. The second-order valence-corrected chi connectivity index (χ2v) is 4.67. The Balaban J connectivity index is 1.93. The highest BCUT2D eigenvalue weighted by Crippen LogP contribution is 2.30. The highest BCUT2D eigenvalue weighted by atomic mass is 19.4. The first-order chi connectivity index (χ1) is 10.9. The van der Waals surface area contributed by atoms with Gasteiger partial charge in [-0.1, -0.05) is 6.07 Å². The summed E-state index contributed by atoms with van der Waals surface area (Å²) in [6.45, 7) is -0.179. The zero-order valence-electron chi connectivity index (χ0n) is 11.8. The molecule has 0 heterocycles. The van der Waals surface area contributed by atoms with Crippen molar-refractivity contribution in [1.29, 1.82) is 5.26 Å². The van der Waals surface area contributed by atoms with Crippen LogP contribution in [-0.4, -0.2) is 12.5 Å². The van der Waals surface area contributed by atoms with Crippen molar-refractivity contribution in [3.8, 4) is 6.07 Å². The van der Waals surface area contributed by atoms with E-state index in [-0.39, 0.29) is 12.2 Å². The SMILES string of the molecule is N#Cc1ccc(NC(=O)CNc2cccc(C(F)(F)F)c2)cc1. The summed E-state index contributed by atoms with van der Waals surface area (Å²) >= 11 is 0. The van der Waals surface area contributed by atoms with Crippen LogP contribution in [0, 0.1) is 11.3 Å². The van der Waals surface area contributed by atoms with Crippen molar-refractivity contribution in [1.82, 2.24) is 0 Å². The first-order valence-electron chi connectivity index (χ1n) is 6.59. The van der Waals surface area contributed by atoms with Crippen LogP contribution in [0.4, 0.5) is 24.5 Å². The molecule has 118 valence electrons. The number of carbonyl (C=O) groups excluding carboxylic acids is 1. The van der Waals surface area contributed by atoms with Crippen molar-refractivity contribution >= 4 is 17.3 Å². The predicted molar refractivity (Wildman–Crippen MR) is 79.7 cm³/mol. The molecule has 7 heteroatoms. The maximum Gasteiger partial charge on any atom is 0.416 e. The number of anilines is 2. The van der Waals surface area contributed by atoms with Crippen LogP contribution in [0.1, 0.15) is 11.1 Å². The van der Waals surface area contributed by atoms with E-state index >= 15 is 0 Å². The number of carbonyl (C=O) groups is 1. The van der Waals surface area contributed by atoms with Crippen LogP contribution in [-0.2, 0) is 11.0 Å². The quantitative estimate of drug-likeness (QED) is 0.904. The topological polar surface area (TPSA) is 64.9 Å². The molecule has 0 radical (unpaired) electrons. The van der Waals surface area contributed by atoms with E-state index in [1.54, 1.807) is 24.3 Å². The van der Waals surface area contributed by atoms with Crippen LogP contribution in [0.3, 0.4) is 0 Å². The van der Waals surface area contributed by atoms with E-state index in [9.17, 15) is 18.0 Å². The summed E-state index contributed by atoms with van der Waals surface area (Å²) in [5.41, 5.74) is 0.384. The van der Waals surface area contributed by atoms with Gasteiger partial charge in [0.15, 0.2) is 0 Å². The van der Waals surface area contributed by atoms with Gasteiger partial charge in [0, 0.05) is 11.4 Å². The minimum absolute atomic E-state index is 0.179. The van der Waals surface area contributed by atoms with Crippen LogP contribution < -0.4 is 10.6 Å². The van der Waals surface area contributed by atoms with E-state index in [2.05, 4.69) is 10.6 Å². The average Bonchev–Trinajstić information content (AvgIpc) is 2.53. The van der Waals surface area contributed by atoms with Crippen LogP contribution in [0.25, 0.3) is 0 Å². The van der Waals surface area contributed by atoms with Gasteiger partial charge >= 0.3 is 6.18 Å². The largest absolute Gasteiger partial charge is 0.416 e. The van der Waals surface area contributed by atoms with Crippen molar-refractivity contribution in [3.05, 3.63) is 59.7 Å². The Kier molecular flexibility index (Phi) is 4.86. The third-order valence-electron chi connectivity index (χ3n) is 2.94. The van der Waals surface area contributed by atoms with Gasteiger partial charge in [-0.2, -0.15) is 18.4 Å². The second kappa shape index (κ2) is 6.83. The molecule has 0 spiro atoms. The molecule has 0 bridgehead atoms. The van der Waals surface area contributed by atoms with E-state index in [1.807, 2.05) is 6.07 Å². The smallest absolute Gasteiger partial charge is 0.376 e. The number of halogens is 3. The van der Waals surface area contributed by atoms with Crippen molar-refractivity contribution in [2.75, 3.05) is 17.2 Å². The average molecular weight is 319 g/mol. The molecule has 23 heavy (non-hydrogen) atoms. The summed E-state index contributed by atoms with van der Waals surface area (Å²) in [7, 11) is 0. The lowest BCUT2D eigenvalue weighted by Gasteiger charge is -2.11. The lowest BCUT2D eigenvalue weighted by atomic mass is 10.2. The molecule has 4 nitrogen and oxygen atoms in total. The summed E-state index contributed by atoms with van der Waals surface area (Å²) in [4.78, 5) is 11.8. The lowest BCUT2D eigenvalue weighted by Crippen LogP contribution is -2.21. The summed E-state index contributed by atoms with van der Waals surface area (Å²) in [6.07, 6.45) is -4.43. The van der Waals surface area contributed by atoms with Gasteiger partial charge in [0.25, 0.3) is 0 Å². The monoisotopic (exact) mass is 319 g/mol. The Morgan fingerprint density at radius 1 is 1.09 bits per heavy atom. The number of nitrogens with zero attached hydrogens (tertiary/aromatic N) is 1. The molecule has 1 amide bonds. The number of hydrogen-bond acceptors (Lipinski definition) is 3. The van der Waals surface area contributed by atoms with Gasteiger partial charge < -0.3 is 10.6 Å². The van der Waals surface area contributed by atoms with Crippen LogP contribution >= 0.6 is 0 Å². The van der Waals surface area contributed by atoms with E-state index < -0.39 is 17.6 Å². The predicted octanol–water partition coefficient (Wildman–Crippen LogP) is 3.63. The van der Waals surface area contributed by atoms with Gasteiger partial charge in [0.05, 0.1) is 23.7 Å². The molecular formula is C16H12F3N3O. The lowest BCUT2D eigenvalue weighted by molar-refractivity contribution is -0.137. The molecule has 2 aromatic rings. The van der Waals surface area contributed by atoms with E-state index in [4.69, 9.17) is 5.26 Å². The fourth-order valence-corrected chi connectivity index (χ4v) is 1.82. The Bertz CT molecular complexity index is 733. The normalized spacial score (nSPS) is 10.7. The fourth-order valence-electron chi connectivity index (χ4n) is 1.82. The van der Waals surface area contributed by atoms with E-state index in [0.717, 1.165) is 12.1 Å². The van der Waals surface area contributed by atoms with Crippen LogP contribution in [0.15, 0.2) is 48.5 Å². The van der Waals surface area contributed by atoms with Gasteiger partial charge in [-0.3, -0.25) is 4.79 Å². The Hall–Kier alpha value is -3.01. The van der Waals surface area contributed by atoms with E-state index in [0.29, 0.717) is 11.3 Å². The summed E-state index contributed by atoms with van der Waals surface area (Å²) in [6, 6.07) is 12.8. The van der Waals surface area contributed by atoms with Crippen molar-refractivity contribution < 1.29 is 18.0 Å². The molecular weight excluding hydrogens is 307 g/mol. The molecule has 0 saturated heterocycles. The highest BCUT2D eigenvalue weighted by Gasteiger charge is 2.30. The van der Waals surface area contributed by atoms with Gasteiger partial charge in [-0.15, -0.1) is 0 Å². The number of benzene rings is 2. The third-order valence-corrected chi connectivity index (χ3v) is 2.94. The Labute approximate surface area is 130 Å². The summed E-state index contributed by atoms with van der Waals surface area (Å²) < 4.78 is 37.8. The number of alkyl halides is 3. The van der Waals surface area contributed by atoms with Crippen molar-refractivity contribution in [3.63, 3.8) is 0 Å². The van der Waals surface area contributed by atoms with Gasteiger partial charge in [-0.25, -0.2) is 0 Å². The second-order valence-electron chi connectivity index (χ2n) is 4.67. The van der Waals surface area contributed by atoms with Crippen LogP contribution in [0.2, 0.25) is 0 Å². The van der Waals surface area contributed by atoms with Gasteiger partial charge in [0.1, 0.15) is 0 Å². The number of nitrogens with one attached hydrogen (secondary N) is 2. The maximum absolute atomic E-state index is 12.6. The number of hydrogen-bond donors (Lipinski definition) is 2. The molecule has 2 N–H and O–H groups in total. The van der Waals surface area contributed by atoms with Crippen molar-refractivity contribution in [2.24, 2.45) is 0 Å². The minimum Gasteiger partial charge on any atom is -0.376 e. The molecule has 0 aliphatic carbocycles. The minimum atomic E-state index is -4.43. The molecule has 2 aromatic carbocycles. The zero-order chi connectivity index (χ0) is 16.9. The van der Waals surface area contributed by atoms with Gasteiger partial charge in [0.2, 0.25) is 5.91 Å². The summed E-state index contributed by atoms with van der Waals surface area (Å²) in [5, 5.41) is 13.9. The van der Waals surface area contributed by atoms with E-state index in [1.165, 1.54) is 12.1 Å². The standard InChI is InChI=1S/C16H12F3N3O/c17-16(18,19)12-2-1-3-14(8-12)21-10-15(23)22-13-6-4-11(9-20)5-7-13/h1-8,21H,10H2,(H,22,23). The Morgan fingerprint density at radius 3 is 2.39 bits per heavy atom. The van der Waals surface area contributed by atoms with Gasteiger partial charge in [-0.05, 0) is 42.5 Å². The molecule has 2 rings (SSSR count). The first-order valence-corrected chi connectivity index (χ1v) is 6.59. The molecule has 0 aliphatic rings. The molecule has 0 unspecified atom stereocenters. The fraction of sp³-hybridized carbons (Fsp3) is 0.125. The maximum atomic E-state index is 12.6. The highest BCUT2D eigenvalue weighted by molar-refractivity contribution is 5.93. The Morgan fingerprint density at radius 2 is 1.78 bits per heavy atom. The number of amides is 1. The van der Waals surface area contributed by atoms with Crippen LogP contribution in [0.5, 0.6) is 0 Å². The molecule has 0 saturated carbocycles. The summed E-state index contributed by atoms with van der Waals surface area (Å²) in [5.74, 6) is -0.410. The first kappa shape index (κ1) is 16.4. The molecule has 0 atom stereocenters. The zero-order valence-corrected chi connectivity index (χ0v) is 11.8. The molecule has 0 aromatic heterocycles. The molecule has 0 fully saturated rings. The molecule has 0 aliphatic heterocycles. The third kappa shape index (κ3) is 4.74. The number of rotatable bonds is 4.